The molecule has 0 aliphatic heterocycles. The second-order valence-corrected chi connectivity index (χ2v) is 14.9. The number of rotatable bonds is 8. The summed E-state index contributed by atoms with van der Waals surface area (Å²) in [5.41, 5.74) is -13.7. The highest BCUT2D eigenvalue weighted by Crippen LogP contribution is 2.31. The summed E-state index contributed by atoms with van der Waals surface area (Å²) >= 11 is 0. The molecule has 0 amide bonds. The number of pyridine rings is 1. The molecule has 0 spiro atoms. The number of hydrogen-bond acceptors (Lipinski definition) is 3. The molecule has 0 atom stereocenters. The molecule has 0 bridgehead atoms. The molecule has 354 valence electrons. The van der Waals surface area contributed by atoms with Crippen LogP contribution in [0.3, 0.4) is 0 Å². The van der Waals surface area contributed by atoms with Gasteiger partial charge in [0, 0.05) is 17.7 Å². The lowest BCUT2D eigenvalue weighted by atomic mass is 9.12. The van der Waals surface area contributed by atoms with Crippen molar-refractivity contribution in [1.29, 1.82) is 0 Å². The first-order valence-corrected chi connectivity index (χ1v) is 18.1. The average molecular weight is 977 g/mol. The van der Waals surface area contributed by atoms with Gasteiger partial charge in [0.25, 0.3) is 0 Å². The van der Waals surface area contributed by atoms with E-state index in [1.165, 1.54) is 0 Å². The van der Waals surface area contributed by atoms with Gasteiger partial charge in [-0.3, -0.25) is 4.79 Å². The molecule has 6 aromatic rings. The van der Waals surface area contributed by atoms with Crippen LogP contribution in [0.1, 0.15) is 41.5 Å². The summed E-state index contributed by atoms with van der Waals surface area (Å²) in [7, 11) is 0. The van der Waals surface area contributed by atoms with Gasteiger partial charge < -0.3 is 4.74 Å². The van der Waals surface area contributed by atoms with E-state index in [0.717, 1.165) is 0 Å². The van der Waals surface area contributed by atoms with Crippen molar-refractivity contribution in [1.82, 2.24) is 0 Å². The van der Waals surface area contributed by atoms with Crippen molar-refractivity contribution in [2.24, 2.45) is 0 Å². The number of benzene rings is 5. The molecule has 1 heterocycles. The lowest BCUT2D eigenvalue weighted by molar-refractivity contribution is -0.683. The highest BCUT2D eigenvalue weighted by molar-refractivity contribution is 7.20. The number of aromatic nitrogens is 1. The van der Waals surface area contributed by atoms with Crippen LogP contribution in [0.2, 0.25) is 0 Å². The van der Waals surface area contributed by atoms with Gasteiger partial charge in [-0.15, -0.1) is 21.9 Å². The van der Waals surface area contributed by atoms with Crippen LogP contribution in [-0.2, 0) is 11.3 Å². The minimum Gasteiger partial charge on any atom is -0.456 e. The first-order valence-electron chi connectivity index (χ1n) is 18.1. The van der Waals surface area contributed by atoms with Gasteiger partial charge in [0.1, 0.15) is 58.3 Å². The minimum atomic E-state index is -7.22. The largest absolute Gasteiger partial charge is 0.456 e. The second kappa shape index (κ2) is 18.7. The van der Waals surface area contributed by atoms with Crippen molar-refractivity contribution in [3.8, 4) is 0 Å². The Balaban J connectivity index is 0.000000319. The van der Waals surface area contributed by atoms with E-state index < -0.39 is 150 Å². The van der Waals surface area contributed by atoms with E-state index in [-0.39, 0.29) is 18.3 Å². The second-order valence-electron chi connectivity index (χ2n) is 14.9. The monoisotopic (exact) mass is 977 g/mol. The van der Waals surface area contributed by atoms with Crippen molar-refractivity contribution < 1.29 is 107 Å². The molecule has 0 saturated heterocycles. The summed E-state index contributed by atoms with van der Waals surface area (Å²) in [6, 6.07) is 12.4. The number of carbonyl (C=O) groups is 2. The topological polar surface area (TPSA) is 47.2 Å². The number of nitrogens with zero attached hydrogens (tertiary/aromatic N) is 1. The molecule has 5 aromatic carbocycles. The summed E-state index contributed by atoms with van der Waals surface area (Å²) in [5.74, 6) is -71.7. The van der Waals surface area contributed by atoms with Crippen LogP contribution in [0.25, 0.3) is 0 Å². The van der Waals surface area contributed by atoms with Gasteiger partial charge in [-0.1, -0.05) is 30.3 Å². The maximum Gasteiger partial charge on any atom is 0.339 e. The van der Waals surface area contributed by atoms with Crippen molar-refractivity contribution in [3.63, 3.8) is 0 Å². The molecule has 6 rings (SSSR count). The normalized spacial score (nSPS) is 11.7. The van der Waals surface area contributed by atoms with Gasteiger partial charge >= 0.3 is 5.97 Å². The molecular formula is C42H20BF20NO3. The van der Waals surface area contributed by atoms with Crippen LogP contribution in [0, 0.1) is 116 Å². The Morgan fingerprint density at radius 3 is 0.910 bits per heavy atom. The number of carbonyl (C=O) groups excluding carboxylic acids is 2. The smallest absolute Gasteiger partial charge is 0.339 e. The average Bonchev–Trinajstić information content (AvgIpc) is 3.29. The third-order valence-electron chi connectivity index (χ3n) is 9.65. The lowest BCUT2D eigenvalue weighted by Gasteiger charge is -2.44. The van der Waals surface area contributed by atoms with Crippen molar-refractivity contribution >= 4 is 39.7 Å². The number of esters is 1. The standard InChI is InChI=1S/C24BF20.C18H20NO3/c26-5-1(6(27)14(35)21(42)13(5)34)25(2-7(28)15(36)22(43)16(37)8(2)29,3-9(30)17(38)23(44)18(39)10(3)31)4-11(32)19(40)24(45)20(41)12(4)33;1-18(2,3)22-17(21)15-9-11-19(12-10-15)13-16(20)14-7-5-4-6-8-14/h;4-12H,13H2,1-3H3/q-1;+1. The van der Waals surface area contributed by atoms with Gasteiger partial charge in [0.15, 0.2) is 82.2 Å². The van der Waals surface area contributed by atoms with E-state index in [1.807, 2.05) is 39.0 Å². The Morgan fingerprint density at radius 1 is 0.403 bits per heavy atom. The van der Waals surface area contributed by atoms with E-state index in [9.17, 15) is 62.3 Å². The van der Waals surface area contributed by atoms with E-state index in [0.29, 0.717) is 11.1 Å². The lowest BCUT2D eigenvalue weighted by Crippen LogP contribution is -2.81. The maximum atomic E-state index is 15.4. The van der Waals surface area contributed by atoms with E-state index >= 15 is 35.1 Å². The van der Waals surface area contributed by atoms with E-state index in [2.05, 4.69) is 0 Å². The summed E-state index contributed by atoms with van der Waals surface area (Å²) in [5, 5.41) is 0. The van der Waals surface area contributed by atoms with Gasteiger partial charge in [-0.05, 0) is 20.8 Å². The fraction of sp³-hybridized carbons (Fsp3) is 0.119. The van der Waals surface area contributed by atoms with Crippen molar-refractivity contribution in [3.05, 3.63) is 182 Å². The Kier molecular flexibility index (Phi) is 14.3. The molecule has 0 aliphatic carbocycles. The Bertz CT molecular complexity index is 2600. The zero-order chi connectivity index (χ0) is 50.5. The summed E-state index contributed by atoms with van der Waals surface area (Å²) in [4.78, 5) is 24.0. The number of ether oxygens (including phenoxy) is 1. The Morgan fingerprint density at radius 2 is 0.657 bits per heavy atom. The molecule has 1 aromatic heterocycles. The third-order valence-corrected chi connectivity index (χ3v) is 9.65. The first kappa shape index (κ1) is 51.0. The Hall–Kier alpha value is -6.95. The quantitative estimate of drug-likeness (QED) is 0.0292. The van der Waals surface area contributed by atoms with Crippen LogP contribution in [0.15, 0.2) is 54.9 Å². The zero-order valence-electron chi connectivity index (χ0n) is 33.2. The molecular weight excluding hydrogens is 957 g/mol. The molecule has 25 heteroatoms. The van der Waals surface area contributed by atoms with Crippen LogP contribution in [0.5, 0.6) is 0 Å². The third kappa shape index (κ3) is 8.77. The summed E-state index contributed by atoms with van der Waals surface area (Å²) in [6.45, 7) is 5.71. The predicted octanol–water partition coefficient (Wildman–Crippen LogP) is 8.66. The van der Waals surface area contributed by atoms with Crippen molar-refractivity contribution in [2.75, 3.05) is 0 Å². The maximum absolute atomic E-state index is 15.4. The predicted molar refractivity (Wildman–Crippen MR) is 192 cm³/mol. The highest BCUT2D eigenvalue weighted by Gasteiger charge is 2.52. The molecule has 0 fully saturated rings. The van der Waals surface area contributed by atoms with Crippen molar-refractivity contribution in [2.45, 2.75) is 32.9 Å². The molecule has 0 aliphatic rings. The summed E-state index contributed by atoms with van der Waals surface area (Å²) in [6.07, 6.45) is -3.80. The molecule has 0 saturated carbocycles. The number of Topliss-reactive ketones (excluding diaryl/α,β-unsaturated/α-hetero) is 1. The molecule has 0 N–H and O–H groups in total. The molecule has 67 heavy (non-hydrogen) atoms. The first-order chi connectivity index (χ1) is 31.1. The van der Waals surface area contributed by atoms with Gasteiger partial charge in [-0.25, -0.2) is 92.6 Å². The van der Waals surface area contributed by atoms with Gasteiger partial charge in [0.05, 0.1) is 5.56 Å². The Labute approximate surface area is 361 Å². The molecule has 0 unspecified atom stereocenters. The number of halogens is 20. The van der Waals surface area contributed by atoms with Crippen LogP contribution in [-0.4, -0.2) is 23.5 Å². The van der Waals surface area contributed by atoms with Gasteiger partial charge in [-0.2, -0.15) is 4.57 Å². The molecule has 0 radical (unpaired) electrons. The van der Waals surface area contributed by atoms with Crippen LogP contribution < -0.4 is 26.4 Å². The minimum absolute atomic E-state index is 0.0237. The number of ketones is 1. The SMILES string of the molecule is CC(C)(C)OC(=O)c1cc[n+](CC(=O)c2ccccc2)cc1.Fc1c(F)c(F)c([B-](c2c(F)c(F)c(F)c(F)c2F)(c2c(F)c(F)c(F)c(F)c2F)c2c(F)c(F)c(F)c(F)c2F)c(F)c1F. The zero-order valence-corrected chi connectivity index (χ0v) is 33.2. The van der Waals surface area contributed by atoms with Gasteiger partial charge in [0.2, 0.25) is 12.3 Å². The van der Waals surface area contributed by atoms with Crippen LogP contribution in [0.4, 0.5) is 87.8 Å². The fourth-order valence-corrected chi connectivity index (χ4v) is 6.79. The summed E-state index contributed by atoms with van der Waals surface area (Å²) < 4.78 is 301. The highest BCUT2D eigenvalue weighted by atomic mass is 19.2. The molecule has 4 nitrogen and oxygen atoms in total. The number of hydrogen-bond donors (Lipinski definition) is 0. The fourth-order valence-electron chi connectivity index (χ4n) is 6.79. The van der Waals surface area contributed by atoms with Crippen LogP contribution >= 0.6 is 0 Å². The van der Waals surface area contributed by atoms with E-state index in [4.69, 9.17) is 4.74 Å². The van der Waals surface area contributed by atoms with E-state index in [1.54, 1.807) is 41.2 Å².